The Kier molecular flexibility index (Phi) is 5.78. The highest BCUT2D eigenvalue weighted by Crippen LogP contribution is 2.33. The third kappa shape index (κ3) is 4.13. The van der Waals surface area contributed by atoms with Gasteiger partial charge in [-0.3, -0.25) is 4.79 Å². The van der Waals surface area contributed by atoms with Gasteiger partial charge in [-0.2, -0.15) is 0 Å². The van der Waals surface area contributed by atoms with Crippen LogP contribution in [0.25, 0.3) is 21.0 Å². The first-order chi connectivity index (χ1) is 13.6. The second-order valence-corrected chi connectivity index (χ2v) is 8.81. The number of aromatic nitrogens is 1. The van der Waals surface area contributed by atoms with E-state index < -0.39 is 0 Å². The SMILES string of the molecule is CN(C)CCNc1nc2cc(C(=O)NC3CCCCC3)ccc2c2sccc12. The largest absolute Gasteiger partial charge is 0.368 e. The summed E-state index contributed by atoms with van der Waals surface area (Å²) in [5.41, 5.74) is 1.57. The molecule has 148 valence electrons. The van der Waals surface area contributed by atoms with Gasteiger partial charge >= 0.3 is 0 Å². The van der Waals surface area contributed by atoms with Crippen LogP contribution < -0.4 is 10.6 Å². The molecule has 2 heterocycles. The van der Waals surface area contributed by atoms with Crippen LogP contribution in [-0.2, 0) is 0 Å². The number of carbonyl (C=O) groups excluding carboxylic acids is 1. The molecule has 1 amide bonds. The number of fused-ring (bicyclic) bond motifs is 3. The fourth-order valence-corrected chi connectivity index (χ4v) is 4.82. The first kappa shape index (κ1) is 19.2. The molecule has 6 heteroatoms. The summed E-state index contributed by atoms with van der Waals surface area (Å²) in [7, 11) is 4.12. The van der Waals surface area contributed by atoms with Gasteiger partial charge < -0.3 is 15.5 Å². The lowest BCUT2D eigenvalue weighted by molar-refractivity contribution is 0.0928. The lowest BCUT2D eigenvalue weighted by atomic mass is 9.95. The average Bonchev–Trinajstić information content (AvgIpc) is 3.18. The van der Waals surface area contributed by atoms with Gasteiger partial charge in [-0.15, -0.1) is 11.3 Å². The van der Waals surface area contributed by atoms with E-state index in [1.165, 1.54) is 24.0 Å². The molecule has 3 aromatic rings. The number of hydrogen-bond acceptors (Lipinski definition) is 5. The van der Waals surface area contributed by atoms with E-state index in [9.17, 15) is 4.79 Å². The number of carbonyl (C=O) groups is 1. The molecule has 1 saturated carbocycles. The first-order valence-electron chi connectivity index (χ1n) is 10.1. The van der Waals surface area contributed by atoms with Crippen LogP contribution in [0.2, 0.25) is 0 Å². The Morgan fingerprint density at radius 1 is 1.18 bits per heavy atom. The van der Waals surface area contributed by atoms with Crippen molar-refractivity contribution in [2.75, 3.05) is 32.5 Å². The van der Waals surface area contributed by atoms with Crippen molar-refractivity contribution in [2.45, 2.75) is 38.1 Å². The number of hydrogen-bond donors (Lipinski definition) is 2. The molecule has 28 heavy (non-hydrogen) atoms. The molecule has 2 aromatic heterocycles. The summed E-state index contributed by atoms with van der Waals surface area (Å²) in [6.07, 6.45) is 5.89. The minimum Gasteiger partial charge on any atom is -0.368 e. The molecule has 1 aromatic carbocycles. The number of nitrogens with one attached hydrogen (secondary N) is 2. The molecule has 0 aliphatic heterocycles. The Bertz CT molecular complexity index is 975. The zero-order chi connectivity index (χ0) is 19.5. The van der Waals surface area contributed by atoms with E-state index in [2.05, 4.69) is 41.1 Å². The van der Waals surface area contributed by atoms with Crippen LogP contribution in [0.3, 0.4) is 0 Å². The van der Waals surface area contributed by atoms with Gasteiger partial charge in [0.05, 0.1) is 5.52 Å². The smallest absolute Gasteiger partial charge is 0.251 e. The van der Waals surface area contributed by atoms with E-state index in [0.29, 0.717) is 11.6 Å². The predicted octanol–water partition coefficient (Wildman–Crippen LogP) is 4.49. The highest BCUT2D eigenvalue weighted by atomic mass is 32.1. The van der Waals surface area contributed by atoms with Crippen LogP contribution in [0.1, 0.15) is 42.5 Å². The molecule has 0 bridgehead atoms. The number of likely N-dealkylation sites (N-methyl/N-ethyl adjacent to an activating group) is 1. The lowest BCUT2D eigenvalue weighted by Crippen LogP contribution is -2.36. The third-order valence-electron chi connectivity index (χ3n) is 5.45. The Labute approximate surface area is 170 Å². The van der Waals surface area contributed by atoms with Gasteiger partial charge in [-0.1, -0.05) is 25.3 Å². The number of benzene rings is 1. The molecule has 2 N–H and O–H groups in total. The summed E-state index contributed by atoms with van der Waals surface area (Å²) in [5, 5.41) is 11.0. The average molecular weight is 397 g/mol. The molecular formula is C22H28N4OS. The van der Waals surface area contributed by atoms with E-state index in [-0.39, 0.29) is 5.91 Å². The van der Waals surface area contributed by atoms with Gasteiger partial charge in [0.25, 0.3) is 5.91 Å². The van der Waals surface area contributed by atoms with Crippen molar-refractivity contribution < 1.29 is 4.79 Å². The zero-order valence-electron chi connectivity index (χ0n) is 16.6. The molecule has 0 spiro atoms. The first-order valence-corrected chi connectivity index (χ1v) is 11.0. The van der Waals surface area contributed by atoms with E-state index in [4.69, 9.17) is 4.98 Å². The number of anilines is 1. The quantitative estimate of drug-likeness (QED) is 0.645. The molecule has 1 aliphatic rings. The van der Waals surface area contributed by atoms with Crippen molar-refractivity contribution in [3.05, 3.63) is 35.2 Å². The fraction of sp³-hybridized carbons (Fsp3) is 0.455. The molecule has 1 aliphatic carbocycles. The lowest BCUT2D eigenvalue weighted by Gasteiger charge is -2.22. The van der Waals surface area contributed by atoms with Gasteiger partial charge in [-0.05, 0) is 50.5 Å². The van der Waals surface area contributed by atoms with Crippen LogP contribution in [0.15, 0.2) is 29.6 Å². The van der Waals surface area contributed by atoms with E-state index in [0.717, 1.165) is 48.0 Å². The third-order valence-corrected chi connectivity index (χ3v) is 6.40. The molecular weight excluding hydrogens is 368 g/mol. The monoisotopic (exact) mass is 396 g/mol. The number of pyridine rings is 1. The summed E-state index contributed by atoms with van der Waals surface area (Å²) in [4.78, 5) is 19.7. The van der Waals surface area contributed by atoms with E-state index in [1.807, 2.05) is 18.2 Å². The minimum absolute atomic E-state index is 0.0176. The Balaban J connectivity index is 1.62. The molecule has 0 unspecified atom stereocenters. The maximum absolute atomic E-state index is 12.7. The van der Waals surface area contributed by atoms with Crippen LogP contribution in [0, 0.1) is 0 Å². The van der Waals surface area contributed by atoms with Crippen molar-refractivity contribution in [3.63, 3.8) is 0 Å². The predicted molar refractivity (Wildman–Crippen MR) is 119 cm³/mol. The molecule has 4 rings (SSSR count). The molecule has 0 radical (unpaired) electrons. The Hall–Kier alpha value is -2.18. The second kappa shape index (κ2) is 8.45. The fourth-order valence-electron chi connectivity index (χ4n) is 3.89. The maximum atomic E-state index is 12.7. The van der Waals surface area contributed by atoms with Gasteiger partial charge in [0.2, 0.25) is 0 Å². The summed E-state index contributed by atoms with van der Waals surface area (Å²) in [6, 6.07) is 8.34. The normalized spacial score (nSPS) is 15.4. The number of rotatable bonds is 6. The molecule has 0 atom stereocenters. The van der Waals surface area contributed by atoms with Crippen LogP contribution >= 0.6 is 11.3 Å². The highest BCUT2D eigenvalue weighted by molar-refractivity contribution is 7.18. The standard InChI is InChI=1S/C22H28N4OS/c1-26(2)12-11-23-21-18-10-13-28-20(18)17-9-8-15(14-19(17)25-21)22(27)24-16-6-4-3-5-7-16/h8-10,13-14,16H,3-7,11-12H2,1-2H3,(H,23,25)(H,24,27). The Morgan fingerprint density at radius 2 is 2.00 bits per heavy atom. The number of thiophene rings is 1. The number of amides is 1. The van der Waals surface area contributed by atoms with Crippen molar-refractivity contribution in [2.24, 2.45) is 0 Å². The molecule has 5 nitrogen and oxygen atoms in total. The molecule has 1 fully saturated rings. The summed E-state index contributed by atoms with van der Waals surface area (Å²) in [5.74, 6) is 0.916. The topological polar surface area (TPSA) is 57.3 Å². The second-order valence-electron chi connectivity index (χ2n) is 7.89. The van der Waals surface area contributed by atoms with Crippen molar-refractivity contribution in [3.8, 4) is 0 Å². The van der Waals surface area contributed by atoms with Gasteiger partial charge in [0.1, 0.15) is 5.82 Å². The van der Waals surface area contributed by atoms with Gasteiger partial charge in [0, 0.05) is 40.2 Å². The Morgan fingerprint density at radius 3 is 2.79 bits per heavy atom. The number of nitrogens with zero attached hydrogens (tertiary/aromatic N) is 2. The van der Waals surface area contributed by atoms with Crippen molar-refractivity contribution in [1.82, 2.24) is 15.2 Å². The molecule has 0 saturated heterocycles. The zero-order valence-corrected chi connectivity index (χ0v) is 17.4. The van der Waals surface area contributed by atoms with Gasteiger partial charge in [0.15, 0.2) is 0 Å². The summed E-state index contributed by atoms with van der Waals surface area (Å²) < 4.78 is 1.22. The van der Waals surface area contributed by atoms with Crippen molar-refractivity contribution in [1.29, 1.82) is 0 Å². The summed E-state index contributed by atoms with van der Waals surface area (Å²) in [6.45, 7) is 1.77. The van der Waals surface area contributed by atoms with Crippen LogP contribution in [0.5, 0.6) is 0 Å². The maximum Gasteiger partial charge on any atom is 0.251 e. The van der Waals surface area contributed by atoms with E-state index >= 15 is 0 Å². The highest BCUT2D eigenvalue weighted by Gasteiger charge is 2.18. The summed E-state index contributed by atoms with van der Waals surface area (Å²) >= 11 is 1.72. The van der Waals surface area contributed by atoms with E-state index in [1.54, 1.807) is 11.3 Å². The minimum atomic E-state index is 0.0176. The van der Waals surface area contributed by atoms with Crippen molar-refractivity contribution >= 4 is 44.1 Å². The van der Waals surface area contributed by atoms with Crippen LogP contribution in [0.4, 0.5) is 5.82 Å². The van der Waals surface area contributed by atoms with Gasteiger partial charge in [-0.25, -0.2) is 4.98 Å². The van der Waals surface area contributed by atoms with Crippen LogP contribution in [-0.4, -0.2) is 49.0 Å².